The van der Waals surface area contributed by atoms with Crippen molar-refractivity contribution in [3.63, 3.8) is 0 Å². The van der Waals surface area contributed by atoms with Crippen molar-refractivity contribution < 1.29 is 9.53 Å². The molecule has 1 saturated carbocycles. The van der Waals surface area contributed by atoms with Crippen molar-refractivity contribution in [2.75, 3.05) is 13.7 Å². The monoisotopic (exact) mass is 173 g/mol. The topological polar surface area (TPSA) is 52.3 Å². The normalized spacial score (nSPS) is 16.6. The van der Waals surface area contributed by atoms with Crippen LogP contribution < -0.4 is 5.73 Å². The third-order valence-electron chi connectivity index (χ3n) is 1.98. The fourth-order valence-corrected chi connectivity index (χ4v) is 1.42. The van der Waals surface area contributed by atoms with E-state index in [0.29, 0.717) is 6.61 Å². The molecule has 1 aliphatic rings. The van der Waals surface area contributed by atoms with Crippen molar-refractivity contribution in [2.24, 2.45) is 11.7 Å². The van der Waals surface area contributed by atoms with E-state index < -0.39 is 0 Å². The standard InChI is InChI=1S/C8H14O2.CH5N/c1-2-10-8(9)7-5-3-4-6-7;1-2/h7H,2-6H2,1H3;2H2,1H3. The zero-order chi connectivity index (χ0) is 9.40. The van der Waals surface area contributed by atoms with Gasteiger partial charge in [0.25, 0.3) is 0 Å². The van der Waals surface area contributed by atoms with Crippen LogP contribution in [-0.4, -0.2) is 19.6 Å². The van der Waals surface area contributed by atoms with Crippen molar-refractivity contribution in [1.29, 1.82) is 0 Å². The fourth-order valence-electron chi connectivity index (χ4n) is 1.42. The molecule has 0 bridgehead atoms. The Morgan fingerprint density at radius 2 is 1.92 bits per heavy atom. The van der Waals surface area contributed by atoms with Crippen LogP contribution in [0.2, 0.25) is 0 Å². The lowest BCUT2D eigenvalue weighted by atomic mass is 10.1. The van der Waals surface area contributed by atoms with Crippen molar-refractivity contribution >= 4 is 5.97 Å². The van der Waals surface area contributed by atoms with Gasteiger partial charge in [0.05, 0.1) is 12.5 Å². The fraction of sp³-hybridized carbons (Fsp3) is 0.889. The molecule has 0 aliphatic heterocycles. The van der Waals surface area contributed by atoms with E-state index in [0.717, 1.165) is 12.8 Å². The van der Waals surface area contributed by atoms with Crippen LogP contribution in [0.3, 0.4) is 0 Å². The SMILES string of the molecule is CCOC(=O)C1CCCC1.CN. The number of ether oxygens (including phenoxy) is 1. The van der Waals surface area contributed by atoms with Crippen molar-refractivity contribution in [1.82, 2.24) is 0 Å². The van der Waals surface area contributed by atoms with Crippen molar-refractivity contribution in [3.05, 3.63) is 0 Å². The molecule has 0 spiro atoms. The summed E-state index contributed by atoms with van der Waals surface area (Å²) in [5, 5.41) is 0. The minimum Gasteiger partial charge on any atom is -0.466 e. The Morgan fingerprint density at radius 1 is 1.42 bits per heavy atom. The van der Waals surface area contributed by atoms with E-state index in [9.17, 15) is 4.79 Å². The van der Waals surface area contributed by atoms with Crippen LogP contribution in [0.4, 0.5) is 0 Å². The Hall–Kier alpha value is -0.570. The molecular weight excluding hydrogens is 154 g/mol. The number of esters is 1. The van der Waals surface area contributed by atoms with Gasteiger partial charge in [0.15, 0.2) is 0 Å². The second-order valence-corrected chi connectivity index (χ2v) is 2.73. The molecule has 3 heteroatoms. The molecule has 0 aromatic rings. The molecule has 0 saturated heterocycles. The van der Waals surface area contributed by atoms with Crippen LogP contribution in [0.15, 0.2) is 0 Å². The van der Waals surface area contributed by atoms with Gasteiger partial charge in [-0.2, -0.15) is 0 Å². The molecule has 0 unspecified atom stereocenters. The van der Waals surface area contributed by atoms with Crippen molar-refractivity contribution in [2.45, 2.75) is 32.6 Å². The first-order valence-electron chi connectivity index (χ1n) is 4.59. The van der Waals surface area contributed by atoms with E-state index in [4.69, 9.17) is 4.74 Å². The number of carbonyl (C=O) groups excluding carboxylic acids is 1. The van der Waals surface area contributed by atoms with Crippen molar-refractivity contribution in [3.8, 4) is 0 Å². The zero-order valence-electron chi connectivity index (χ0n) is 8.01. The van der Waals surface area contributed by atoms with E-state index in [1.165, 1.54) is 19.9 Å². The maximum atomic E-state index is 11.0. The first-order valence-corrected chi connectivity index (χ1v) is 4.59. The van der Waals surface area contributed by atoms with E-state index >= 15 is 0 Å². The van der Waals surface area contributed by atoms with E-state index in [2.05, 4.69) is 5.73 Å². The minimum absolute atomic E-state index is 0.0139. The number of nitrogens with two attached hydrogens (primary N) is 1. The van der Waals surface area contributed by atoms with E-state index in [1.807, 2.05) is 6.92 Å². The minimum atomic E-state index is 0.0139. The van der Waals surface area contributed by atoms with Gasteiger partial charge < -0.3 is 10.5 Å². The van der Waals surface area contributed by atoms with Gasteiger partial charge in [-0.15, -0.1) is 0 Å². The average Bonchev–Trinajstić information content (AvgIpc) is 2.60. The summed E-state index contributed by atoms with van der Waals surface area (Å²) < 4.78 is 4.89. The Kier molecular flexibility index (Phi) is 6.76. The molecule has 3 nitrogen and oxygen atoms in total. The van der Waals surface area contributed by atoms with Crippen LogP contribution in [-0.2, 0) is 9.53 Å². The largest absolute Gasteiger partial charge is 0.466 e. The summed E-state index contributed by atoms with van der Waals surface area (Å²) in [4.78, 5) is 11.0. The average molecular weight is 173 g/mol. The number of hydrogen-bond donors (Lipinski definition) is 1. The molecule has 1 rings (SSSR count). The highest BCUT2D eigenvalue weighted by atomic mass is 16.5. The molecule has 12 heavy (non-hydrogen) atoms. The lowest BCUT2D eigenvalue weighted by molar-refractivity contribution is -0.147. The number of hydrogen-bond acceptors (Lipinski definition) is 3. The summed E-state index contributed by atoms with van der Waals surface area (Å²) in [5.41, 5.74) is 4.50. The summed E-state index contributed by atoms with van der Waals surface area (Å²) in [7, 11) is 1.50. The molecule has 1 fully saturated rings. The number of rotatable bonds is 2. The molecule has 0 radical (unpaired) electrons. The first-order chi connectivity index (χ1) is 5.84. The predicted molar refractivity (Wildman–Crippen MR) is 48.7 cm³/mol. The van der Waals surface area contributed by atoms with Gasteiger partial charge in [0.2, 0.25) is 0 Å². The molecule has 0 amide bonds. The van der Waals surface area contributed by atoms with Crippen LogP contribution in [0.1, 0.15) is 32.6 Å². The Labute approximate surface area is 74.3 Å². The van der Waals surface area contributed by atoms with E-state index in [1.54, 1.807) is 0 Å². The molecule has 0 aromatic carbocycles. The lowest BCUT2D eigenvalue weighted by Crippen LogP contribution is -2.13. The second-order valence-electron chi connectivity index (χ2n) is 2.73. The Balaban J connectivity index is 0.000000561. The molecule has 72 valence electrons. The van der Waals surface area contributed by atoms with Crippen LogP contribution in [0.5, 0.6) is 0 Å². The maximum absolute atomic E-state index is 11.0. The smallest absolute Gasteiger partial charge is 0.308 e. The van der Waals surface area contributed by atoms with Gasteiger partial charge in [-0.1, -0.05) is 12.8 Å². The molecule has 0 atom stereocenters. The lowest BCUT2D eigenvalue weighted by Gasteiger charge is -2.06. The quantitative estimate of drug-likeness (QED) is 0.641. The molecule has 2 N–H and O–H groups in total. The third-order valence-corrected chi connectivity index (χ3v) is 1.98. The van der Waals surface area contributed by atoms with Crippen LogP contribution in [0, 0.1) is 5.92 Å². The van der Waals surface area contributed by atoms with Gasteiger partial charge in [-0.05, 0) is 26.8 Å². The highest BCUT2D eigenvalue weighted by Crippen LogP contribution is 2.25. The summed E-state index contributed by atoms with van der Waals surface area (Å²) in [6.45, 7) is 2.38. The van der Waals surface area contributed by atoms with Gasteiger partial charge in [0, 0.05) is 0 Å². The number of carbonyl (C=O) groups is 1. The summed E-state index contributed by atoms with van der Waals surface area (Å²) in [5.74, 6) is 0.236. The van der Waals surface area contributed by atoms with Crippen LogP contribution in [0.25, 0.3) is 0 Å². The molecule has 1 aliphatic carbocycles. The first kappa shape index (κ1) is 11.4. The molecular formula is C9H19NO2. The maximum Gasteiger partial charge on any atom is 0.308 e. The van der Waals surface area contributed by atoms with Gasteiger partial charge in [0.1, 0.15) is 0 Å². The van der Waals surface area contributed by atoms with Gasteiger partial charge >= 0.3 is 5.97 Å². The predicted octanol–water partition coefficient (Wildman–Crippen LogP) is 1.31. The summed E-state index contributed by atoms with van der Waals surface area (Å²) in [6.07, 6.45) is 4.48. The zero-order valence-corrected chi connectivity index (χ0v) is 8.01. The van der Waals surface area contributed by atoms with Gasteiger partial charge in [-0.25, -0.2) is 0 Å². The Morgan fingerprint density at radius 3 is 2.33 bits per heavy atom. The summed E-state index contributed by atoms with van der Waals surface area (Å²) in [6, 6.07) is 0. The van der Waals surface area contributed by atoms with Gasteiger partial charge in [-0.3, -0.25) is 4.79 Å². The van der Waals surface area contributed by atoms with E-state index in [-0.39, 0.29) is 11.9 Å². The third kappa shape index (κ3) is 3.72. The molecule has 0 aromatic heterocycles. The van der Waals surface area contributed by atoms with Crippen LogP contribution >= 0.6 is 0 Å². The summed E-state index contributed by atoms with van der Waals surface area (Å²) >= 11 is 0. The second kappa shape index (κ2) is 7.10. The highest BCUT2D eigenvalue weighted by molar-refractivity contribution is 5.72. The Bertz CT molecular complexity index is 120. The highest BCUT2D eigenvalue weighted by Gasteiger charge is 2.23. The molecule has 0 heterocycles.